The highest BCUT2D eigenvalue weighted by atomic mass is 32.2. The number of aromatic nitrogens is 3. The van der Waals surface area contributed by atoms with Gasteiger partial charge in [0.15, 0.2) is 10.9 Å². The molecule has 0 aliphatic rings. The summed E-state index contributed by atoms with van der Waals surface area (Å²) in [7, 11) is 0. The average Bonchev–Trinajstić information content (AvgIpc) is 3.08. The highest BCUT2D eigenvalue weighted by Crippen LogP contribution is 2.26. The topological polar surface area (TPSA) is 102 Å². The minimum absolute atomic E-state index is 0.0423. The molecule has 7 heteroatoms. The van der Waals surface area contributed by atoms with Crippen LogP contribution in [0.25, 0.3) is 22.2 Å². The first kappa shape index (κ1) is 18.7. The molecule has 2 N–H and O–H groups in total. The van der Waals surface area contributed by atoms with Crippen molar-refractivity contribution in [2.75, 3.05) is 5.75 Å². The van der Waals surface area contributed by atoms with Crippen molar-refractivity contribution >= 4 is 28.4 Å². The Morgan fingerprint density at radius 1 is 1.10 bits per heavy atom. The van der Waals surface area contributed by atoms with Crippen LogP contribution in [0.1, 0.15) is 21.6 Å². The van der Waals surface area contributed by atoms with E-state index in [1.807, 2.05) is 55.5 Å². The number of hydrogen-bond acceptors (Lipinski definition) is 5. The number of ketones is 1. The van der Waals surface area contributed by atoms with Gasteiger partial charge in [0.05, 0.1) is 11.4 Å². The molecule has 2 aromatic carbocycles. The third kappa shape index (κ3) is 3.58. The Balaban J connectivity index is 1.64. The molecule has 0 radical (unpaired) electrons. The summed E-state index contributed by atoms with van der Waals surface area (Å²) < 4.78 is 0. The van der Waals surface area contributed by atoms with Crippen molar-refractivity contribution in [2.45, 2.75) is 12.1 Å². The van der Waals surface area contributed by atoms with Crippen molar-refractivity contribution < 1.29 is 4.79 Å². The van der Waals surface area contributed by atoms with E-state index in [1.54, 1.807) is 12.1 Å². The predicted molar refractivity (Wildman–Crippen MR) is 113 cm³/mol. The molecule has 4 rings (SSSR count). The van der Waals surface area contributed by atoms with Crippen LogP contribution in [0.5, 0.6) is 0 Å². The summed E-state index contributed by atoms with van der Waals surface area (Å²) in [5.74, 6) is 0.0596. The third-order valence-electron chi connectivity index (χ3n) is 4.57. The van der Waals surface area contributed by atoms with Crippen molar-refractivity contribution in [2.24, 2.45) is 0 Å². The number of nitrogens with one attached hydrogen (secondary N) is 2. The average molecular weight is 400 g/mol. The lowest BCUT2D eigenvalue weighted by Gasteiger charge is -2.06. The summed E-state index contributed by atoms with van der Waals surface area (Å²) in [6.45, 7) is 1.87. The van der Waals surface area contributed by atoms with Crippen LogP contribution in [0.3, 0.4) is 0 Å². The molecule has 0 spiro atoms. The Hall–Kier alpha value is -3.63. The lowest BCUT2D eigenvalue weighted by Crippen LogP contribution is -2.15. The van der Waals surface area contributed by atoms with Crippen LogP contribution < -0.4 is 5.56 Å². The van der Waals surface area contributed by atoms with E-state index in [2.05, 4.69) is 15.0 Å². The number of carbonyl (C=O) groups excluding carboxylic acids is 1. The predicted octanol–water partition coefficient (Wildman–Crippen LogP) is 4.07. The van der Waals surface area contributed by atoms with Gasteiger partial charge in [0.25, 0.3) is 5.56 Å². The molecule has 29 heavy (non-hydrogen) atoms. The molecular formula is C22H16N4O2S. The maximum absolute atomic E-state index is 12.9. The van der Waals surface area contributed by atoms with E-state index in [0.29, 0.717) is 22.0 Å². The van der Waals surface area contributed by atoms with E-state index in [4.69, 9.17) is 0 Å². The van der Waals surface area contributed by atoms with Gasteiger partial charge in [-0.2, -0.15) is 5.26 Å². The van der Waals surface area contributed by atoms with E-state index in [0.717, 1.165) is 28.4 Å². The lowest BCUT2D eigenvalue weighted by molar-refractivity contribution is 0.102. The number of nitrogens with zero attached hydrogens (tertiary/aromatic N) is 2. The second kappa shape index (κ2) is 7.78. The normalized spacial score (nSPS) is 10.8. The summed E-state index contributed by atoms with van der Waals surface area (Å²) in [5, 5.41) is 10.5. The molecular weight excluding hydrogens is 384 g/mol. The van der Waals surface area contributed by atoms with Gasteiger partial charge < -0.3 is 9.97 Å². The summed E-state index contributed by atoms with van der Waals surface area (Å²) in [6, 6.07) is 18.6. The van der Waals surface area contributed by atoms with Crippen molar-refractivity contribution in [3.63, 3.8) is 0 Å². The van der Waals surface area contributed by atoms with Gasteiger partial charge >= 0.3 is 0 Å². The van der Waals surface area contributed by atoms with Crippen LogP contribution in [-0.2, 0) is 0 Å². The van der Waals surface area contributed by atoms with Crippen LogP contribution in [0.4, 0.5) is 0 Å². The number of Topliss-reactive ketones (excluding diaryl/α,β-unsaturated/α-hetero) is 1. The summed E-state index contributed by atoms with van der Waals surface area (Å²) in [5.41, 5.74) is 2.80. The molecule has 4 aromatic rings. The van der Waals surface area contributed by atoms with Gasteiger partial charge in [0.1, 0.15) is 11.6 Å². The van der Waals surface area contributed by atoms with Gasteiger partial charge in [-0.3, -0.25) is 9.59 Å². The molecule has 2 aromatic heterocycles. The fraction of sp³-hybridized carbons (Fsp3) is 0.0909. The first-order valence-electron chi connectivity index (χ1n) is 8.91. The van der Waals surface area contributed by atoms with Gasteiger partial charge in [0, 0.05) is 27.7 Å². The smallest absolute Gasteiger partial charge is 0.270 e. The molecule has 0 aliphatic heterocycles. The minimum atomic E-state index is -0.514. The molecule has 0 atom stereocenters. The van der Waals surface area contributed by atoms with Crippen LogP contribution in [0.2, 0.25) is 0 Å². The maximum atomic E-state index is 12.9. The summed E-state index contributed by atoms with van der Waals surface area (Å²) in [6.07, 6.45) is 0. The van der Waals surface area contributed by atoms with E-state index < -0.39 is 5.56 Å². The first-order chi connectivity index (χ1) is 14.1. The molecule has 6 nitrogen and oxygen atoms in total. The zero-order valence-corrected chi connectivity index (χ0v) is 16.3. The van der Waals surface area contributed by atoms with Crippen molar-refractivity contribution in [1.82, 2.24) is 15.0 Å². The van der Waals surface area contributed by atoms with Crippen LogP contribution in [0, 0.1) is 18.3 Å². The van der Waals surface area contributed by atoms with Gasteiger partial charge in [-0.1, -0.05) is 60.3 Å². The van der Waals surface area contributed by atoms with Crippen LogP contribution in [0.15, 0.2) is 64.5 Å². The highest BCUT2D eigenvalue weighted by Gasteiger charge is 2.18. The highest BCUT2D eigenvalue weighted by molar-refractivity contribution is 7.99. The number of rotatable bonds is 5. The molecule has 0 fully saturated rings. The summed E-state index contributed by atoms with van der Waals surface area (Å²) >= 11 is 1.15. The standard InChI is InChI=1S/C22H16N4O2S/c1-13-19(15-9-5-6-10-17(15)24-13)18(27)12-29-22-25-20(14-7-3-2-4-8-14)16(11-23)21(28)26-22/h2-10,24H,12H2,1H3,(H,25,26,28). The Kier molecular flexibility index (Phi) is 5.02. The SMILES string of the molecule is Cc1[nH]c2ccccc2c1C(=O)CSc1nc(-c2ccccc2)c(C#N)c(=O)[nH]1. The fourth-order valence-electron chi connectivity index (χ4n) is 3.27. The molecule has 0 saturated heterocycles. The van der Waals surface area contributed by atoms with Crippen molar-refractivity contribution in [1.29, 1.82) is 5.26 Å². The van der Waals surface area contributed by atoms with Crippen LogP contribution >= 0.6 is 11.8 Å². The van der Waals surface area contributed by atoms with E-state index in [-0.39, 0.29) is 17.1 Å². The van der Waals surface area contributed by atoms with E-state index in [9.17, 15) is 14.9 Å². The minimum Gasteiger partial charge on any atom is -0.358 e. The van der Waals surface area contributed by atoms with E-state index >= 15 is 0 Å². The number of hydrogen-bond donors (Lipinski definition) is 2. The molecule has 0 bridgehead atoms. The fourth-order valence-corrected chi connectivity index (χ4v) is 4.00. The number of aryl methyl sites for hydroxylation is 1. The van der Waals surface area contributed by atoms with Crippen LogP contribution in [-0.4, -0.2) is 26.5 Å². The molecule has 142 valence electrons. The molecule has 0 unspecified atom stereocenters. The molecule has 0 saturated carbocycles. The third-order valence-corrected chi connectivity index (χ3v) is 5.44. The Morgan fingerprint density at radius 2 is 1.83 bits per heavy atom. The van der Waals surface area contributed by atoms with Gasteiger partial charge in [-0.25, -0.2) is 4.98 Å². The number of aromatic amines is 2. The number of fused-ring (bicyclic) bond motifs is 1. The molecule has 0 amide bonds. The first-order valence-corrected chi connectivity index (χ1v) is 9.90. The van der Waals surface area contributed by atoms with Crippen molar-refractivity contribution in [3.8, 4) is 17.3 Å². The number of para-hydroxylation sites is 1. The Labute approximate surface area is 170 Å². The lowest BCUT2D eigenvalue weighted by atomic mass is 10.1. The number of thioether (sulfide) groups is 1. The van der Waals surface area contributed by atoms with E-state index in [1.165, 1.54) is 0 Å². The second-order valence-corrected chi connectivity index (χ2v) is 7.42. The zero-order valence-electron chi connectivity index (χ0n) is 15.5. The van der Waals surface area contributed by atoms with Gasteiger partial charge in [-0.15, -0.1) is 0 Å². The van der Waals surface area contributed by atoms with Crippen molar-refractivity contribution in [3.05, 3.63) is 81.8 Å². The Morgan fingerprint density at radius 3 is 2.59 bits per heavy atom. The number of benzene rings is 2. The zero-order chi connectivity index (χ0) is 20.4. The molecule has 0 aliphatic carbocycles. The second-order valence-electron chi connectivity index (χ2n) is 6.45. The summed E-state index contributed by atoms with van der Waals surface area (Å²) in [4.78, 5) is 35.5. The Bertz CT molecular complexity index is 1320. The van der Waals surface area contributed by atoms with Gasteiger partial charge in [-0.05, 0) is 13.0 Å². The maximum Gasteiger partial charge on any atom is 0.270 e. The number of H-pyrrole nitrogens is 2. The largest absolute Gasteiger partial charge is 0.358 e. The number of carbonyl (C=O) groups is 1. The molecule has 2 heterocycles. The van der Waals surface area contributed by atoms with Gasteiger partial charge in [0.2, 0.25) is 0 Å². The quantitative estimate of drug-likeness (QED) is 0.299. The monoisotopic (exact) mass is 400 g/mol. The number of nitriles is 1.